The molecule has 18 heavy (non-hydrogen) atoms. The minimum atomic E-state index is -0.554. The van der Waals surface area contributed by atoms with Crippen molar-refractivity contribution in [3.63, 3.8) is 0 Å². The van der Waals surface area contributed by atoms with Crippen molar-refractivity contribution in [2.45, 2.75) is 50.5 Å². The first-order valence-electron chi connectivity index (χ1n) is 6.61. The molecule has 2 aliphatic rings. The topological polar surface area (TPSA) is 48.0 Å². The lowest BCUT2D eigenvalue weighted by Gasteiger charge is -2.29. The second-order valence-electron chi connectivity index (χ2n) is 5.45. The van der Waals surface area contributed by atoms with Gasteiger partial charge in [-0.2, -0.15) is 0 Å². The number of likely N-dealkylation sites (tertiary alicyclic amines) is 1. The van der Waals surface area contributed by atoms with Gasteiger partial charge in [0.25, 0.3) is 0 Å². The molecule has 0 spiro atoms. The maximum Gasteiger partial charge on any atom is 0.308 e. The van der Waals surface area contributed by atoms with Crippen LogP contribution in [0.25, 0.3) is 0 Å². The highest BCUT2D eigenvalue weighted by Crippen LogP contribution is 2.33. The molecule has 2 aliphatic heterocycles. The number of methoxy groups -OCH3 is 1. The van der Waals surface area contributed by atoms with Gasteiger partial charge in [-0.3, -0.25) is 4.79 Å². The maximum atomic E-state index is 11.2. The van der Waals surface area contributed by atoms with Crippen LogP contribution in [-0.2, 0) is 19.0 Å². The molecule has 3 atom stereocenters. The number of carbonyl (C=O) groups is 1. The molecule has 3 unspecified atom stereocenters. The molecule has 0 aromatic heterocycles. The highest BCUT2D eigenvalue weighted by molar-refractivity contribution is 5.69. The number of esters is 1. The molecule has 0 bridgehead atoms. The average molecular weight is 257 g/mol. The van der Waals surface area contributed by atoms with Gasteiger partial charge in [-0.1, -0.05) is 0 Å². The summed E-state index contributed by atoms with van der Waals surface area (Å²) in [6.45, 7) is 3.59. The van der Waals surface area contributed by atoms with Crippen LogP contribution in [0, 0.1) is 0 Å². The summed E-state index contributed by atoms with van der Waals surface area (Å²) in [6.07, 6.45) is 3.39. The maximum absolute atomic E-state index is 11.2. The molecule has 2 rings (SSSR count). The molecular weight excluding hydrogens is 234 g/mol. The molecule has 2 saturated heterocycles. The van der Waals surface area contributed by atoms with E-state index >= 15 is 0 Å². The zero-order valence-electron chi connectivity index (χ0n) is 11.5. The number of ether oxygens (including phenoxy) is 3. The predicted octanol–water partition coefficient (Wildman–Crippen LogP) is 1.17. The summed E-state index contributed by atoms with van der Waals surface area (Å²) in [4.78, 5) is 13.6. The van der Waals surface area contributed by atoms with E-state index in [0.717, 1.165) is 13.0 Å². The van der Waals surface area contributed by atoms with E-state index in [-0.39, 0.29) is 18.5 Å². The second kappa shape index (κ2) is 5.55. The number of hydrogen-bond acceptors (Lipinski definition) is 5. The molecule has 5 nitrogen and oxygen atoms in total. The number of carbonyl (C=O) groups excluding carboxylic acids is 1. The van der Waals surface area contributed by atoms with Crippen molar-refractivity contribution in [3.8, 4) is 0 Å². The van der Waals surface area contributed by atoms with Crippen LogP contribution in [0.15, 0.2) is 0 Å². The molecule has 0 amide bonds. The lowest BCUT2D eigenvalue weighted by molar-refractivity contribution is -0.169. The van der Waals surface area contributed by atoms with E-state index < -0.39 is 5.79 Å². The van der Waals surface area contributed by atoms with Crippen LogP contribution in [-0.4, -0.2) is 56.1 Å². The van der Waals surface area contributed by atoms with Crippen molar-refractivity contribution < 1.29 is 19.0 Å². The summed E-state index contributed by atoms with van der Waals surface area (Å²) in [5.74, 6) is -0.798. The highest BCUT2D eigenvalue weighted by atomic mass is 16.7. The Hall–Kier alpha value is -0.650. The summed E-state index contributed by atoms with van der Waals surface area (Å²) in [5, 5.41) is 0. The lowest BCUT2D eigenvalue weighted by Crippen LogP contribution is -2.37. The molecule has 2 heterocycles. The van der Waals surface area contributed by atoms with Crippen LogP contribution in [0.1, 0.15) is 32.6 Å². The van der Waals surface area contributed by atoms with Crippen molar-refractivity contribution in [3.05, 3.63) is 0 Å². The van der Waals surface area contributed by atoms with E-state index in [9.17, 15) is 4.79 Å². The Kier molecular flexibility index (Phi) is 4.25. The van der Waals surface area contributed by atoms with Crippen LogP contribution >= 0.6 is 0 Å². The smallest absolute Gasteiger partial charge is 0.308 e. The molecule has 2 fully saturated rings. The summed E-state index contributed by atoms with van der Waals surface area (Å²) >= 11 is 0. The van der Waals surface area contributed by atoms with E-state index in [4.69, 9.17) is 9.47 Å². The molecular formula is C13H23NO4. The molecule has 0 aromatic carbocycles. The number of hydrogen-bond donors (Lipinski definition) is 0. The summed E-state index contributed by atoms with van der Waals surface area (Å²) < 4.78 is 16.3. The van der Waals surface area contributed by atoms with Gasteiger partial charge in [0.1, 0.15) is 0 Å². The summed E-state index contributed by atoms with van der Waals surface area (Å²) in [5.41, 5.74) is 0. The third-order valence-electron chi connectivity index (χ3n) is 3.89. The fraction of sp³-hybridized carbons (Fsp3) is 0.923. The first-order valence-corrected chi connectivity index (χ1v) is 6.61. The van der Waals surface area contributed by atoms with Crippen molar-refractivity contribution in [1.29, 1.82) is 0 Å². The van der Waals surface area contributed by atoms with Crippen LogP contribution in [0.2, 0.25) is 0 Å². The summed E-state index contributed by atoms with van der Waals surface area (Å²) in [7, 11) is 3.53. The van der Waals surface area contributed by atoms with Crippen LogP contribution in [0.3, 0.4) is 0 Å². The molecule has 5 heteroatoms. The van der Waals surface area contributed by atoms with Crippen LogP contribution < -0.4 is 0 Å². The Morgan fingerprint density at radius 3 is 2.94 bits per heavy atom. The quantitative estimate of drug-likeness (QED) is 0.707. The standard InChI is InChI=1S/C13H23NO4/c1-13(8-10-5-4-6-14(10)2)17-9-11(18-13)7-12(15)16-3/h10-11H,4-9H2,1-3H3. The van der Waals surface area contributed by atoms with Gasteiger partial charge < -0.3 is 19.1 Å². The van der Waals surface area contributed by atoms with Crippen molar-refractivity contribution in [2.75, 3.05) is 27.3 Å². The van der Waals surface area contributed by atoms with E-state index in [0.29, 0.717) is 12.6 Å². The van der Waals surface area contributed by atoms with Gasteiger partial charge in [-0.25, -0.2) is 0 Å². The summed E-state index contributed by atoms with van der Waals surface area (Å²) in [6, 6.07) is 0.520. The van der Waals surface area contributed by atoms with Crippen LogP contribution in [0.5, 0.6) is 0 Å². The number of rotatable bonds is 4. The SMILES string of the molecule is COC(=O)CC1COC(C)(CC2CCCN2C)O1. The largest absolute Gasteiger partial charge is 0.469 e. The second-order valence-corrected chi connectivity index (χ2v) is 5.45. The Morgan fingerprint density at radius 2 is 2.33 bits per heavy atom. The first-order chi connectivity index (χ1) is 8.52. The fourth-order valence-corrected chi connectivity index (χ4v) is 2.83. The molecule has 0 aliphatic carbocycles. The van der Waals surface area contributed by atoms with E-state index in [1.54, 1.807) is 0 Å². The Bertz CT molecular complexity index is 309. The Morgan fingerprint density at radius 1 is 1.56 bits per heavy atom. The fourth-order valence-electron chi connectivity index (χ4n) is 2.83. The minimum Gasteiger partial charge on any atom is -0.469 e. The van der Waals surface area contributed by atoms with Crippen LogP contribution in [0.4, 0.5) is 0 Å². The third kappa shape index (κ3) is 3.22. The molecule has 0 N–H and O–H groups in total. The molecule has 0 radical (unpaired) electrons. The van der Waals surface area contributed by atoms with Gasteiger partial charge in [0.15, 0.2) is 5.79 Å². The average Bonchev–Trinajstić information content (AvgIpc) is 2.87. The van der Waals surface area contributed by atoms with Crippen molar-refractivity contribution in [2.24, 2.45) is 0 Å². The monoisotopic (exact) mass is 257 g/mol. The van der Waals surface area contributed by atoms with E-state index in [2.05, 4.69) is 16.7 Å². The van der Waals surface area contributed by atoms with Gasteiger partial charge in [0, 0.05) is 12.5 Å². The molecule has 104 valence electrons. The van der Waals surface area contributed by atoms with Crippen molar-refractivity contribution in [1.82, 2.24) is 4.90 Å². The molecule has 0 aromatic rings. The zero-order valence-corrected chi connectivity index (χ0v) is 11.5. The van der Waals surface area contributed by atoms with Gasteiger partial charge in [-0.05, 0) is 33.4 Å². The predicted molar refractivity (Wildman–Crippen MR) is 66.1 cm³/mol. The third-order valence-corrected chi connectivity index (χ3v) is 3.89. The number of nitrogens with zero attached hydrogens (tertiary/aromatic N) is 1. The van der Waals surface area contributed by atoms with Gasteiger partial charge in [-0.15, -0.1) is 0 Å². The lowest BCUT2D eigenvalue weighted by atomic mass is 10.1. The Balaban J connectivity index is 1.84. The van der Waals surface area contributed by atoms with Gasteiger partial charge in [0.2, 0.25) is 0 Å². The normalized spacial score (nSPS) is 37.1. The zero-order chi connectivity index (χ0) is 13.2. The Labute approximate surface area is 108 Å². The van der Waals surface area contributed by atoms with Gasteiger partial charge >= 0.3 is 5.97 Å². The van der Waals surface area contributed by atoms with Gasteiger partial charge in [0.05, 0.1) is 26.2 Å². The minimum absolute atomic E-state index is 0.172. The van der Waals surface area contributed by atoms with Crippen molar-refractivity contribution >= 4 is 5.97 Å². The van der Waals surface area contributed by atoms with E-state index in [1.807, 2.05) is 6.92 Å². The van der Waals surface area contributed by atoms with E-state index in [1.165, 1.54) is 20.0 Å². The first kappa shape index (κ1) is 13.8. The molecule has 0 saturated carbocycles. The highest BCUT2D eigenvalue weighted by Gasteiger charge is 2.41.